The van der Waals surface area contributed by atoms with Gasteiger partial charge in [-0.25, -0.2) is 0 Å². The van der Waals surface area contributed by atoms with Gasteiger partial charge in [0.25, 0.3) is 0 Å². The van der Waals surface area contributed by atoms with Crippen molar-refractivity contribution in [3.8, 4) is 0 Å². The van der Waals surface area contributed by atoms with E-state index in [1.54, 1.807) is 4.90 Å². The normalized spacial score (nSPS) is 15.7. The Hall–Kier alpha value is -1.35. The number of likely N-dealkylation sites (N-methyl/N-ethyl adjacent to an activating group) is 1. The Balaban J connectivity index is 1.86. The van der Waals surface area contributed by atoms with E-state index in [9.17, 15) is 4.79 Å². The maximum absolute atomic E-state index is 12.1. The van der Waals surface area contributed by atoms with Crippen LogP contribution in [0, 0.1) is 0 Å². The first-order valence-electron chi connectivity index (χ1n) is 7.29. The topological polar surface area (TPSA) is 32.3 Å². The molecule has 0 unspecified atom stereocenters. The third-order valence-corrected chi connectivity index (χ3v) is 4.00. The average Bonchev–Trinajstić information content (AvgIpc) is 2.97. The van der Waals surface area contributed by atoms with Crippen molar-refractivity contribution in [2.75, 3.05) is 18.5 Å². The summed E-state index contributed by atoms with van der Waals surface area (Å²) in [5.74, 6) is 0.135. The van der Waals surface area contributed by atoms with E-state index in [2.05, 4.69) is 24.4 Å². The van der Waals surface area contributed by atoms with Crippen LogP contribution in [0.3, 0.4) is 0 Å². The van der Waals surface area contributed by atoms with Crippen LogP contribution >= 0.6 is 0 Å². The van der Waals surface area contributed by atoms with E-state index in [0.29, 0.717) is 12.6 Å². The minimum absolute atomic E-state index is 0.135. The smallest absolute Gasteiger partial charge is 0.240 e. The van der Waals surface area contributed by atoms with Gasteiger partial charge >= 0.3 is 0 Å². The molecule has 19 heavy (non-hydrogen) atoms. The molecule has 3 heteroatoms. The molecule has 1 fully saturated rings. The number of nitrogens with one attached hydrogen (secondary N) is 1. The SMILES string of the molecule is CCc1ccc(N(C)C(=O)CNC2CCCC2)cc1. The quantitative estimate of drug-likeness (QED) is 0.883. The van der Waals surface area contributed by atoms with Crippen molar-refractivity contribution in [1.29, 1.82) is 0 Å². The molecule has 0 saturated heterocycles. The van der Waals surface area contributed by atoms with Crippen molar-refractivity contribution < 1.29 is 4.79 Å². The van der Waals surface area contributed by atoms with Gasteiger partial charge in [-0.3, -0.25) is 4.79 Å². The van der Waals surface area contributed by atoms with E-state index in [-0.39, 0.29) is 5.91 Å². The molecule has 0 radical (unpaired) electrons. The minimum atomic E-state index is 0.135. The Morgan fingerprint density at radius 1 is 1.26 bits per heavy atom. The van der Waals surface area contributed by atoms with Gasteiger partial charge in [0.15, 0.2) is 0 Å². The van der Waals surface area contributed by atoms with E-state index in [0.717, 1.165) is 12.1 Å². The third kappa shape index (κ3) is 3.80. The molecule has 3 nitrogen and oxygen atoms in total. The monoisotopic (exact) mass is 260 g/mol. The number of carbonyl (C=O) groups is 1. The van der Waals surface area contributed by atoms with Crippen LogP contribution in [0.5, 0.6) is 0 Å². The van der Waals surface area contributed by atoms with Crippen LogP contribution in [0.1, 0.15) is 38.2 Å². The molecule has 0 bridgehead atoms. The molecule has 0 spiro atoms. The highest BCUT2D eigenvalue weighted by Gasteiger charge is 2.17. The summed E-state index contributed by atoms with van der Waals surface area (Å²) < 4.78 is 0. The van der Waals surface area contributed by atoms with Gasteiger partial charge in [0, 0.05) is 18.8 Å². The summed E-state index contributed by atoms with van der Waals surface area (Å²) in [5, 5.41) is 3.36. The number of rotatable bonds is 5. The molecular weight excluding hydrogens is 236 g/mol. The number of amides is 1. The van der Waals surface area contributed by atoms with E-state index < -0.39 is 0 Å². The first kappa shape index (κ1) is 14.1. The Kier molecular flexibility index (Phi) is 4.97. The highest BCUT2D eigenvalue weighted by Crippen LogP contribution is 2.18. The van der Waals surface area contributed by atoms with Gasteiger partial charge in [0.1, 0.15) is 0 Å². The molecule has 1 aliphatic rings. The second-order valence-electron chi connectivity index (χ2n) is 5.34. The summed E-state index contributed by atoms with van der Waals surface area (Å²) >= 11 is 0. The first-order valence-corrected chi connectivity index (χ1v) is 7.29. The summed E-state index contributed by atoms with van der Waals surface area (Å²) in [6.45, 7) is 2.58. The van der Waals surface area contributed by atoms with Gasteiger partial charge in [-0.15, -0.1) is 0 Å². The maximum Gasteiger partial charge on any atom is 0.240 e. The average molecular weight is 260 g/mol. The lowest BCUT2D eigenvalue weighted by Gasteiger charge is -2.19. The zero-order valence-corrected chi connectivity index (χ0v) is 12.0. The van der Waals surface area contributed by atoms with E-state index in [1.807, 2.05) is 19.2 Å². The van der Waals surface area contributed by atoms with Crippen LogP contribution in [0.25, 0.3) is 0 Å². The Morgan fingerprint density at radius 3 is 2.47 bits per heavy atom. The molecule has 1 aromatic rings. The molecule has 104 valence electrons. The molecular formula is C16H24N2O. The van der Waals surface area contributed by atoms with Crippen LogP contribution < -0.4 is 10.2 Å². The van der Waals surface area contributed by atoms with Crippen molar-refractivity contribution in [1.82, 2.24) is 5.32 Å². The van der Waals surface area contributed by atoms with Crippen molar-refractivity contribution in [2.24, 2.45) is 0 Å². The highest BCUT2D eigenvalue weighted by atomic mass is 16.2. The molecule has 0 aromatic heterocycles. The molecule has 1 N–H and O–H groups in total. The second kappa shape index (κ2) is 6.71. The molecule has 2 rings (SSSR count). The highest BCUT2D eigenvalue weighted by molar-refractivity contribution is 5.94. The first-order chi connectivity index (χ1) is 9.20. The summed E-state index contributed by atoms with van der Waals surface area (Å²) in [5.41, 5.74) is 2.27. The lowest BCUT2D eigenvalue weighted by atomic mass is 10.1. The third-order valence-electron chi connectivity index (χ3n) is 4.00. The van der Waals surface area contributed by atoms with Crippen LogP contribution in [0.15, 0.2) is 24.3 Å². The summed E-state index contributed by atoms with van der Waals surface area (Å²) in [7, 11) is 1.85. The number of carbonyl (C=O) groups excluding carboxylic acids is 1. The molecule has 1 aromatic carbocycles. The van der Waals surface area contributed by atoms with Crippen molar-refractivity contribution >= 4 is 11.6 Å². The molecule has 0 aliphatic heterocycles. The van der Waals surface area contributed by atoms with Gasteiger partial charge < -0.3 is 10.2 Å². The maximum atomic E-state index is 12.1. The molecule has 1 saturated carbocycles. The summed E-state index contributed by atoms with van der Waals surface area (Å²) in [6.07, 6.45) is 6.03. The number of anilines is 1. The van der Waals surface area contributed by atoms with Gasteiger partial charge in [-0.1, -0.05) is 31.9 Å². The Labute approximate surface area is 116 Å². The van der Waals surface area contributed by atoms with Crippen LogP contribution in [0.4, 0.5) is 5.69 Å². The number of hydrogen-bond donors (Lipinski definition) is 1. The van der Waals surface area contributed by atoms with E-state index in [1.165, 1.54) is 31.2 Å². The minimum Gasteiger partial charge on any atom is -0.314 e. The van der Waals surface area contributed by atoms with Crippen LogP contribution in [-0.2, 0) is 11.2 Å². The van der Waals surface area contributed by atoms with Crippen molar-refractivity contribution in [3.63, 3.8) is 0 Å². The number of benzene rings is 1. The summed E-state index contributed by atoms with van der Waals surface area (Å²) in [6, 6.07) is 8.76. The lowest BCUT2D eigenvalue weighted by Crippen LogP contribution is -2.39. The van der Waals surface area contributed by atoms with Gasteiger partial charge in [0.05, 0.1) is 6.54 Å². The van der Waals surface area contributed by atoms with Gasteiger partial charge in [-0.2, -0.15) is 0 Å². The fourth-order valence-electron chi connectivity index (χ4n) is 2.58. The largest absolute Gasteiger partial charge is 0.314 e. The van der Waals surface area contributed by atoms with E-state index >= 15 is 0 Å². The Bertz CT molecular complexity index is 407. The van der Waals surface area contributed by atoms with Crippen molar-refractivity contribution in [2.45, 2.75) is 45.1 Å². The van der Waals surface area contributed by atoms with Crippen LogP contribution in [-0.4, -0.2) is 25.5 Å². The standard InChI is InChI=1S/C16H24N2O/c1-3-13-8-10-15(11-9-13)18(2)16(19)12-17-14-6-4-5-7-14/h8-11,14,17H,3-7,12H2,1-2H3. The molecule has 1 aliphatic carbocycles. The molecule has 0 heterocycles. The zero-order valence-electron chi connectivity index (χ0n) is 12.0. The zero-order chi connectivity index (χ0) is 13.7. The fraction of sp³-hybridized carbons (Fsp3) is 0.562. The predicted molar refractivity (Wildman–Crippen MR) is 79.5 cm³/mol. The number of aryl methyl sites for hydroxylation is 1. The molecule has 0 atom stereocenters. The number of nitrogens with zero attached hydrogens (tertiary/aromatic N) is 1. The predicted octanol–water partition coefficient (Wildman–Crippen LogP) is 2.74. The van der Waals surface area contributed by atoms with Crippen molar-refractivity contribution in [3.05, 3.63) is 29.8 Å². The Morgan fingerprint density at radius 2 is 1.89 bits per heavy atom. The van der Waals surface area contributed by atoms with Gasteiger partial charge in [-0.05, 0) is 37.0 Å². The number of hydrogen-bond acceptors (Lipinski definition) is 2. The molecule has 1 amide bonds. The second-order valence-corrected chi connectivity index (χ2v) is 5.34. The van der Waals surface area contributed by atoms with Crippen LogP contribution in [0.2, 0.25) is 0 Å². The fourth-order valence-corrected chi connectivity index (χ4v) is 2.58. The van der Waals surface area contributed by atoms with E-state index in [4.69, 9.17) is 0 Å². The van der Waals surface area contributed by atoms with Gasteiger partial charge in [0.2, 0.25) is 5.91 Å². The summed E-state index contributed by atoms with van der Waals surface area (Å²) in [4.78, 5) is 13.9. The lowest BCUT2D eigenvalue weighted by molar-refractivity contribution is -0.117.